The largest absolute Gasteiger partial charge is 0.485 e. The van der Waals surface area contributed by atoms with Crippen LogP contribution in [0.3, 0.4) is 0 Å². The van der Waals surface area contributed by atoms with Crippen LogP contribution in [0, 0.1) is 0 Å². The van der Waals surface area contributed by atoms with Gasteiger partial charge in [0.2, 0.25) is 6.10 Å². The summed E-state index contributed by atoms with van der Waals surface area (Å²) in [7, 11) is 0. The Bertz CT molecular complexity index is 896. The molecule has 1 atom stereocenters. The summed E-state index contributed by atoms with van der Waals surface area (Å²) in [5.74, 6) is 0.964. The third-order valence-corrected chi connectivity index (χ3v) is 4.81. The molecule has 0 fully saturated rings. The second-order valence-corrected chi connectivity index (χ2v) is 6.93. The summed E-state index contributed by atoms with van der Waals surface area (Å²) in [4.78, 5) is 16.8. The van der Waals surface area contributed by atoms with Crippen molar-refractivity contribution in [1.82, 2.24) is 4.98 Å². The molecule has 7 heteroatoms. The van der Waals surface area contributed by atoms with Gasteiger partial charge in [-0.2, -0.15) is 0 Å². The summed E-state index contributed by atoms with van der Waals surface area (Å²) in [6.07, 6.45) is -0.691. The number of amides is 1. The molecule has 0 saturated carbocycles. The highest BCUT2D eigenvalue weighted by atomic mass is 79.9. The molecule has 0 spiro atoms. The predicted molar refractivity (Wildman–Crippen MR) is 92.3 cm³/mol. The fourth-order valence-electron chi connectivity index (χ4n) is 2.29. The van der Waals surface area contributed by atoms with Gasteiger partial charge in [-0.3, -0.25) is 10.1 Å². The number of aromatic nitrogens is 1. The van der Waals surface area contributed by atoms with Crippen LogP contribution in [-0.4, -0.2) is 23.6 Å². The van der Waals surface area contributed by atoms with Crippen molar-refractivity contribution in [2.24, 2.45) is 0 Å². The molecule has 0 bridgehead atoms. The molecule has 4 rings (SSSR count). The van der Waals surface area contributed by atoms with E-state index in [1.54, 1.807) is 6.07 Å². The minimum absolute atomic E-state index is 0.180. The Balaban J connectivity index is 1.51. The molecule has 1 N–H and O–H groups in total. The summed E-state index contributed by atoms with van der Waals surface area (Å²) in [5.41, 5.74) is 0.847. The van der Waals surface area contributed by atoms with Gasteiger partial charge in [-0.25, -0.2) is 4.98 Å². The number of ether oxygens (including phenoxy) is 2. The van der Waals surface area contributed by atoms with Crippen molar-refractivity contribution in [3.05, 3.63) is 46.9 Å². The van der Waals surface area contributed by atoms with Crippen molar-refractivity contribution in [2.45, 2.75) is 6.10 Å². The van der Waals surface area contributed by atoms with Crippen LogP contribution in [0.2, 0.25) is 0 Å². The van der Waals surface area contributed by atoms with Crippen LogP contribution < -0.4 is 14.8 Å². The lowest BCUT2D eigenvalue weighted by molar-refractivity contribution is -0.125. The average molecular weight is 391 g/mol. The molecule has 2 heterocycles. The van der Waals surface area contributed by atoms with E-state index in [9.17, 15) is 4.79 Å². The summed E-state index contributed by atoms with van der Waals surface area (Å²) in [6.45, 7) is 0.180. The van der Waals surface area contributed by atoms with E-state index in [0.29, 0.717) is 16.6 Å². The number of para-hydroxylation sites is 2. The second-order valence-electron chi connectivity index (χ2n) is 4.98. The lowest BCUT2D eigenvalue weighted by Gasteiger charge is -2.25. The molecular weight excluding hydrogens is 380 g/mol. The van der Waals surface area contributed by atoms with Crippen molar-refractivity contribution < 1.29 is 14.3 Å². The van der Waals surface area contributed by atoms with Gasteiger partial charge in [-0.05, 0) is 30.3 Å². The fourth-order valence-corrected chi connectivity index (χ4v) is 3.71. The highest BCUT2D eigenvalue weighted by Crippen LogP contribution is 2.32. The van der Waals surface area contributed by atoms with Gasteiger partial charge in [0.25, 0.3) is 5.91 Å². The molecule has 1 amide bonds. The van der Waals surface area contributed by atoms with E-state index in [4.69, 9.17) is 9.47 Å². The van der Waals surface area contributed by atoms with Crippen LogP contribution in [0.5, 0.6) is 11.5 Å². The molecule has 2 aromatic carbocycles. The molecular formula is C16H11BrN2O3S. The third-order valence-electron chi connectivity index (χ3n) is 3.38. The number of rotatable bonds is 2. The Labute approximate surface area is 144 Å². The molecule has 0 aliphatic carbocycles. The predicted octanol–water partition coefficient (Wildman–Crippen LogP) is 3.84. The van der Waals surface area contributed by atoms with E-state index >= 15 is 0 Å². The highest BCUT2D eigenvalue weighted by molar-refractivity contribution is 9.10. The van der Waals surface area contributed by atoms with E-state index < -0.39 is 6.10 Å². The number of nitrogens with zero attached hydrogens (tertiary/aromatic N) is 1. The minimum Gasteiger partial charge on any atom is -0.485 e. The standard InChI is InChI=1S/C16H11BrN2O3S/c17-9-5-6-10-14(7-9)23-16(18-10)19-15(20)13-8-21-11-3-1-2-4-12(11)22-13/h1-7,13H,8H2,(H,18,19,20)/t13-/m1/s1. The Morgan fingerprint density at radius 3 is 2.96 bits per heavy atom. The number of thiazole rings is 1. The Kier molecular flexibility index (Phi) is 3.66. The Morgan fingerprint density at radius 1 is 1.26 bits per heavy atom. The van der Waals surface area contributed by atoms with Crippen LogP contribution in [0.25, 0.3) is 10.2 Å². The van der Waals surface area contributed by atoms with Gasteiger partial charge in [0.1, 0.15) is 6.61 Å². The van der Waals surface area contributed by atoms with E-state index in [0.717, 1.165) is 14.7 Å². The topological polar surface area (TPSA) is 60.5 Å². The zero-order valence-corrected chi connectivity index (χ0v) is 14.2. The maximum atomic E-state index is 12.4. The lowest BCUT2D eigenvalue weighted by atomic mass is 10.2. The van der Waals surface area contributed by atoms with Crippen molar-refractivity contribution in [2.75, 3.05) is 11.9 Å². The number of carbonyl (C=O) groups excluding carboxylic acids is 1. The number of hydrogen-bond donors (Lipinski definition) is 1. The molecule has 3 aromatic rings. The molecule has 5 nitrogen and oxygen atoms in total. The average Bonchev–Trinajstić information content (AvgIpc) is 2.95. The number of anilines is 1. The number of fused-ring (bicyclic) bond motifs is 2. The highest BCUT2D eigenvalue weighted by Gasteiger charge is 2.27. The van der Waals surface area contributed by atoms with Gasteiger partial charge >= 0.3 is 0 Å². The second kappa shape index (κ2) is 5.82. The molecule has 1 aliphatic heterocycles. The Morgan fingerprint density at radius 2 is 2.09 bits per heavy atom. The van der Waals surface area contributed by atoms with Crippen LogP contribution in [0.1, 0.15) is 0 Å². The smallest absolute Gasteiger partial charge is 0.270 e. The van der Waals surface area contributed by atoms with Gasteiger partial charge in [0.05, 0.1) is 10.2 Å². The first kappa shape index (κ1) is 14.5. The number of benzene rings is 2. The Hall–Kier alpha value is -2.12. The summed E-state index contributed by atoms with van der Waals surface area (Å²) in [6, 6.07) is 13.1. The van der Waals surface area contributed by atoms with E-state index in [-0.39, 0.29) is 12.5 Å². The van der Waals surface area contributed by atoms with Crippen LogP contribution in [-0.2, 0) is 4.79 Å². The molecule has 0 unspecified atom stereocenters. The zero-order valence-electron chi connectivity index (χ0n) is 11.8. The summed E-state index contributed by atoms with van der Waals surface area (Å²) < 4.78 is 13.2. The number of hydrogen-bond acceptors (Lipinski definition) is 5. The zero-order chi connectivity index (χ0) is 15.8. The van der Waals surface area contributed by atoms with Crippen molar-refractivity contribution in [3.8, 4) is 11.5 Å². The van der Waals surface area contributed by atoms with E-state index in [1.807, 2.05) is 36.4 Å². The van der Waals surface area contributed by atoms with Gasteiger partial charge in [-0.15, -0.1) is 0 Å². The van der Waals surface area contributed by atoms with Gasteiger partial charge < -0.3 is 9.47 Å². The molecule has 1 aliphatic rings. The third kappa shape index (κ3) is 2.89. The maximum absolute atomic E-state index is 12.4. The normalized spacial score (nSPS) is 16.3. The quantitative estimate of drug-likeness (QED) is 0.721. The van der Waals surface area contributed by atoms with Crippen molar-refractivity contribution in [3.63, 3.8) is 0 Å². The van der Waals surface area contributed by atoms with Gasteiger partial charge in [0, 0.05) is 4.47 Å². The minimum atomic E-state index is -0.691. The number of halogens is 1. The molecule has 0 radical (unpaired) electrons. The first-order valence-corrected chi connectivity index (χ1v) is 8.55. The molecule has 23 heavy (non-hydrogen) atoms. The van der Waals surface area contributed by atoms with E-state index in [2.05, 4.69) is 26.2 Å². The van der Waals surface area contributed by atoms with Gasteiger partial charge in [-0.1, -0.05) is 39.4 Å². The molecule has 0 saturated heterocycles. The first-order chi connectivity index (χ1) is 11.2. The monoisotopic (exact) mass is 390 g/mol. The maximum Gasteiger partial charge on any atom is 0.270 e. The fraction of sp³-hybridized carbons (Fsp3) is 0.125. The lowest BCUT2D eigenvalue weighted by Crippen LogP contribution is -2.40. The van der Waals surface area contributed by atoms with Crippen LogP contribution >= 0.6 is 27.3 Å². The summed E-state index contributed by atoms with van der Waals surface area (Å²) in [5, 5.41) is 3.35. The van der Waals surface area contributed by atoms with Crippen LogP contribution in [0.15, 0.2) is 46.9 Å². The SMILES string of the molecule is O=C(Nc1nc2ccc(Br)cc2s1)[C@H]1COc2ccccc2O1. The van der Waals surface area contributed by atoms with E-state index in [1.165, 1.54) is 11.3 Å². The molecule has 1 aromatic heterocycles. The number of carbonyl (C=O) groups is 1. The summed E-state index contributed by atoms with van der Waals surface area (Å²) >= 11 is 4.85. The van der Waals surface area contributed by atoms with Crippen molar-refractivity contribution in [1.29, 1.82) is 0 Å². The number of nitrogens with one attached hydrogen (secondary N) is 1. The van der Waals surface area contributed by atoms with Crippen LogP contribution in [0.4, 0.5) is 5.13 Å². The molecule has 116 valence electrons. The van der Waals surface area contributed by atoms with Crippen molar-refractivity contribution >= 4 is 48.5 Å². The van der Waals surface area contributed by atoms with Gasteiger partial charge in [0.15, 0.2) is 16.6 Å². The first-order valence-electron chi connectivity index (χ1n) is 6.94.